The maximum absolute atomic E-state index is 12.9. The number of hydrogen-bond acceptors (Lipinski definition) is 3. The Morgan fingerprint density at radius 1 is 1.29 bits per heavy atom. The van der Waals surface area contributed by atoms with Crippen molar-refractivity contribution in [1.29, 1.82) is 0 Å². The van der Waals surface area contributed by atoms with E-state index in [1.807, 2.05) is 30.3 Å². The molecule has 0 saturated carbocycles. The van der Waals surface area contributed by atoms with Gasteiger partial charge < -0.3 is 10.2 Å². The predicted molar refractivity (Wildman–Crippen MR) is 81.3 cm³/mol. The first kappa shape index (κ1) is 16.5. The lowest BCUT2D eigenvalue weighted by atomic mass is 10.0. The molecule has 5 nitrogen and oxygen atoms in total. The minimum atomic E-state index is -4.53. The first-order chi connectivity index (χ1) is 11.4. The Balaban J connectivity index is 1.78. The zero-order chi connectivity index (χ0) is 17.3. The molecule has 1 atom stereocenters. The van der Waals surface area contributed by atoms with Crippen LogP contribution in [0.2, 0.25) is 0 Å². The third kappa shape index (κ3) is 3.28. The number of hydrogen-bond donors (Lipinski definition) is 1. The molecule has 1 fully saturated rings. The van der Waals surface area contributed by atoms with E-state index in [9.17, 15) is 18.0 Å². The summed E-state index contributed by atoms with van der Waals surface area (Å²) in [5, 5.41) is 7.05. The van der Waals surface area contributed by atoms with Crippen molar-refractivity contribution in [1.82, 2.24) is 20.0 Å². The van der Waals surface area contributed by atoms with Crippen molar-refractivity contribution in [2.75, 3.05) is 19.6 Å². The number of aromatic nitrogens is 2. The van der Waals surface area contributed by atoms with Crippen LogP contribution in [-0.2, 0) is 13.2 Å². The Labute approximate surface area is 137 Å². The van der Waals surface area contributed by atoms with Gasteiger partial charge in [-0.2, -0.15) is 18.3 Å². The lowest BCUT2D eigenvalue weighted by Crippen LogP contribution is -2.48. The van der Waals surface area contributed by atoms with Crippen molar-refractivity contribution >= 4 is 5.91 Å². The molecule has 24 heavy (non-hydrogen) atoms. The second-order valence-corrected chi connectivity index (χ2v) is 5.70. The fourth-order valence-electron chi connectivity index (χ4n) is 2.84. The Morgan fingerprint density at radius 2 is 2.00 bits per heavy atom. The number of nitrogens with one attached hydrogen (secondary N) is 1. The number of carbonyl (C=O) groups excluding carboxylic acids is 1. The van der Waals surface area contributed by atoms with E-state index in [-0.39, 0.29) is 11.7 Å². The fraction of sp³-hybridized carbons (Fsp3) is 0.375. The van der Waals surface area contributed by atoms with Crippen LogP contribution in [0, 0.1) is 0 Å². The lowest BCUT2D eigenvalue weighted by molar-refractivity contribution is -0.143. The van der Waals surface area contributed by atoms with Gasteiger partial charge in [-0.25, -0.2) is 0 Å². The van der Waals surface area contributed by atoms with Crippen molar-refractivity contribution in [3.63, 3.8) is 0 Å². The van der Waals surface area contributed by atoms with Gasteiger partial charge in [-0.3, -0.25) is 9.48 Å². The standard InChI is InChI=1S/C16H17F3N4O/c1-22-14(16(17,18)19)9-12(21-22)15(24)23-8-7-20-13(10-23)11-5-3-2-4-6-11/h2-6,9,13,20H,7-8,10H2,1H3/t13-/m1/s1. The van der Waals surface area contributed by atoms with Crippen LogP contribution in [0.1, 0.15) is 27.8 Å². The van der Waals surface area contributed by atoms with Gasteiger partial charge in [0.05, 0.1) is 0 Å². The van der Waals surface area contributed by atoms with E-state index in [0.717, 1.165) is 11.6 Å². The van der Waals surface area contributed by atoms with Gasteiger partial charge in [0.2, 0.25) is 0 Å². The van der Waals surface area contributed by atoms with Gasteiger partial charge in [0.25, 0.3) is 5.91 Å². The highest BCUT2D eigenvalue weighted by Crippen LogP contribution is 2.29. The van der Waals surface area contributed by atoms with Crippen molar-refractivity contribution in [3.05, 3.63) is 53.3 Å². The van der Waals surface area contributed by atoms with E-state index in [2.05, 4.69) is 10.4 Å². The Morgan fingerprint density at radius 3 is 2.62 bits per heavy atom. The van der Waals surface area contributed by atoms with Crippen LogP contribution in [0.5, 0.6) is 0 Å². The highest BCUT2D eigenvalue weighted by atomic mass is 19.4. The van der Waals surface area contributed by atoms with E-state index >= 15 is 0 Å². The molecule has 0 spiro atoms. The molecule has 1 aromatic heterocycles. The van der Waals surface area contributed by atoms with E-state index < -0.39 is 17.8 Å². The largest absolute Gasteiger partial charge is 0.433 e. The zero-order valence-electron chi connectivity index (χ0n) is 13.0. The van der Waals surface area contributed by atoms with Crippen LogP contribution >= 0.6 is 0 Å². The minimum Gasteiger partial charge on any atom is -0.334 e. The summed E-state index contributed by atoms with van der Waals surface area (Å²) >= 11 is 0. The fourth-order valence-corrected chi connectivity index (χ4v) is 2.84. The summed E-state index contributed by atoms with van der Waals surface area (Å²) in [6.07, 6.45) is -4.53. The zero-order valence-corrected chi connectivity index (χ0v) is 13.0. The maximum atomic E-state index is 12.9. The number of halogens is 3. The number of benzene rings is 1. The Bertz CT molecular complexity index is 727. The van der Waals surface area contributed by atoms with Crippen LogP contribution in [0.25, 0.3) is 0 Å². The van der Waals surface area contributed by atoms with Crippen LogP contribution in [-0.4, -0.2) is 40.2 Å². The topological polar surface area (TPSA) is 50.2 Å². The monoisotopic (exact) mass is 338 g/mol. The summed E-state index contributed by atoms with van der Waals surface area (Å²) in [6, 6.07) is 10.4. The molecule has 1 saturated heterocycles. The molecule has 1 N–H and O–H groups in total. The van der Waals surface area contributed by atoms with Gasteiger partial charge in [-0.05, 0) is 5.56 Å². The molecule has 1 aliphatic rings. The summed E-state index contributed by atoms with van der Waals surface area (Å²) in [6.45, 7) is 1.39. The second kappa shape index (κ2) is 6.27. The number of piperazine rings is 1. The van der Waals surface area contributed by atoms with Crippen molar-refractivity contribution in [2.45, 2.75) is 12.2 Å². The average Bonchev–Trinajstić information content (AvgIpc) is 2.97. The van der Waals surface area contributed by atoms with Crippen LogP contribution in [0.3, 0.4) is 0 Å². The highest BCUT2D eigenvalue weighted by Gasteiger charge is 2.36. The van der Waals surface area contributed by atoms with E-state index in [1.54, 1.807) is 0 Å². The number of amides is 1. The third-order valence-corrected chi connectivity index (χ3v) is 4.05. The molecule has 0 unspecified atom stereocenters. The molecule has 2 aromatic rings. The molecule has 0 bridgehead atoms. The number of carbonyl (C=O) groups is 1. The lowest BCUT2D eigenvalue weighted by Gasteiger charge is -2.33. The predicted octanol–water partition coefficient (Wildman–Crippen LogP) is 2.23. The molecule has 128 valence electrons. The number of alkyl halides is 3. The smallest absolute Gasteiger partial charge is 0.334 e. The highest BCUT2D eigenvalue weighted by molar-refractivity contribution is 5.92. The molecule has 0 radical (unpaired) electrons. The molecular weight excluding hydrogens is 321 g/mol. The SMILES string of the molecule is Cn1nc(C(=O)N2CCN[C@@H](c3ccccc3)C2)cc1C(F)(F)F. The summed E-state index contributed by atoms with van der Waals surface area (Å²) in [5.74, 6) is -0.483. The number of rotatable bonds is 2. The van der Waals surface area contributed by atoms with Gasteiger partial charge in [0.15, 0.2) is 5.69 Å². The van der Waals surface area contributed by atoms with Gasteiger partial charge >= 0.3 is 6.18 Å². The summed E-state index contributed by atoms with van der Waals surface area (Å²) < 4.78 is 39.3. The quantitative estimate of drug-likeness (QED) is 0.914. The van der Waals surface area contributed by atoms with Crippen molar-refractivity contribution in [2.24, 2.45) is 7.05 Å². The third-order valence-electron chi connectivity index (χ3n) is 4.05. The maximum Gasteiger partial charge on any atom is 0.433 e. The van der Waals surface area contributed by atoms with Crippen LogP contribution in [0.15, 0.2) is 36.4 Å². The Kier molecular flexibility index (Phi) is 4.31. The van der Waals surface area contributed by atoms with Crippen LogP contribution in [0.4, 0.5) is 13.2 Å². The van der Waals surface area contributed by atoms with E-state index in [4.69, 9.17) is 0 Å². The average molecular weight is 338 g/mol. The summed E-state index contributed by atoms with van der Waals surface area (Å²) in [7, 11) is 1.18. The van der Waals surface area contributed by atoms with Crippen LogP contribution < -0.4 is 5.32 Å². The molecule has 1 amide bonds. The van der Waals surface area contributed by atoms with Gasteiger partial charge in [-0.15, -0.1) is 0 Å². The second-order valence-electron chi connectivity index (χ2n) is 5.70. The molecule has 1 aromatic carbocycles. The molecular formula is C16H17F3N4O. The summed E-state index contributed by atoms with van der Waals surface area (Å²) in [4.78, 5) is 14.1. The molecule has 2 heterocycles. The molecule has 3 rings (SSSR count). The van der Waals surface area contributed by atoms with E-state index in [0.29, 0.717) is 24.3 Å². The molecule has 1 aliphatic heterocycles. The van der Waals surface area contributed by atoms with Crippen molar-refractivity contribution in [3.8, 4) is 0 Å². The Hall–Kier alpha value is -2.35. The van der Waals surface area contributed by atoms with Gasteiger partial charge in [-0.1, -0.05) is 30.3 Å². The molecule has 8 heteroatoms. The normalized spacial score (nSPS) is 18.7. The first-order valence-electron chi connectivity index (χ1n) is 7.55. The van der Waals surface area contributed by atoms with Gasteiger partial charge in [0, 0.05) is 38.8 Å². The minimum absolute atomic E-state index is 0.0466. The number of nitrogens with zero attached hydrogens (tertiary/aromatic N) is 3. The van der Waals surface area contributed by atoms with Gasteiger partial charge in [0.1, 0.15) is 5.69 Å². The number of aryl methyl sites for hydroxylation is 1. The summed E-state index contributed by atoms with van der Waals surface area (Å²) in [5.41, 5.74) is -0.0777. The first-order valence-corrected chi connectivity index (χ1v) is 7.55. The van der Waals surface area contributed by atoms with E-state index in [1.165, 1.54) is 11.9 Å². The van der Waals surface area contributed by atoms with Crippen molar-refractivity contribution < 1.29 is 18.0 Å². The molecule has 0 aliphatic carbocycles.